The number of nitrogens with two attached hydrogens (primary N) is 1. The molecule has 2 saturated heterocycles. The maximum absolute atomic E-state index is 13.3. The quantitative estimate of drug-likeness (QED) is 0.0495. The van der Waals surface area contributed by atoms with Gasteiger partial charge in [0, 0.05) is 78.2 Å². The molecule has 4 aromatic carbocycles. The van der Waals surface area contributed by atoms with Crippen LogP contribution < -0.4 is 15.2 Å². The zero-order valence-corrected chi connectivity index (χ0v) is 50.3. The number of hydrogen-bond acceptors (Lipinski definition) is 13. The molecule has 0 amide bonds. The van der Waals surface area contributed by atoms with E-state index in [0.29, 0.717) is 84.3 Å². The Kier molecular flexibility index (Phi) is 24.5. The number of ether oxygens (including phenoxy) is 8. The maximum atomic E-state index is 13.3. The highest BCUT2D eigenvalue weighted by Gasteiger charge is 2.64. The summed E-state index contributed by atoms with van der Waals surface area (Å²) in [4.78, 5) is 24.0. The molecule has 4 fully saturated rings. The van der Waals surface area contributed by atoms with Gasteiger partial charge in [-0.25, -0.2) is 4.79 Å². The first-order valence-corrected chi connectivity index (χ1v) is 29.4. The number of aryl methyl sites for hydroxylation is 2. The number of halogens is 2. The lowest BCUT2D eigenvalue weighted by Crippen LogP contribution is -2.72. The topological polar surface area (TPSA) is 202 Å². The number of nitriles is 2. The lowest BCUT2D eigenvalue weighted by Gasteiger charge is -2.63. The Hall–Kier alpha value is -5.10. The van der Waals surface area contributed by atoms with E-state index < -0.39 is 5.97 Å². The molecular formula is C65H85Cl2N3O11. The molecule has 81 heavy (non-hydrogen) atoms. The minimum absolute atomic E-state index is 0.0269. The Morgan fingerprint density at radius 3 is 1.40 bits per heavy atom. The van der Waals surface area contributed by atoms with Crippen molar-refractivity contribution in [3.8, 4) is 23.6 Å². The molecule has 440 valence electrons. The van der Waals surface area contributed by atoms with Crippen molar-refractivity contribution in [3.63, 3.8) is 0 Å². The molecule has 2 aliphatic carbocycles. The van der Waals surface area contributed by atoms with Gasteiger partial charge in [-0.15, -0.1) is 0 Å². The van der Waals surface area contributed by atoms with Crippen LogP contribution in [0, 0.1) is 50.2 Å². The minimum atomic E-state index is -0.892. The second-order valence-electron chi connectivity index (χ2n) is 23.9. The van der Waals surface area contributed by atoms with Crippen LogP contribution in [-0.2, 0) is 41.3 Å². The molecular weight excluding hydrogens is 1070 g/mol. The average Bonchev–Trinajstić information content (AvgIpc) is 3.28. The lowest BCUT2D eigenvalue weighted by atomic mass is 9.44. The number of benzene rings is 4. The number of aromatic carboxylic acids is 1. The number of hydrogen-bond donors (Lipinski definition) is 2. The van der Waals surface area contributed by atoms with Crippen LogP contribution in [0.25, 0.3) is 0 Å². The molecule has 4 aromatic rings. The van der Waals surface area contributed by atoms with E-state index in [9.17, 15) is 9.59 Å². The number of ketones is 1. The summed E-state index contributed by atoms with van der Waals surface area (Å²) in [6, 6.07) is 29.5. The molecule has 2 heterocycles. The van der Waals surface area contributed by atoms with Crippen LogP contribution in [0.4, 0.5) is 0 Å². The molecule has 8 rings (SSSR count). The van der Waals surface area contributed by atoms with Crippen LogP contribution in [0.5, 0.6) is 11.5 Å². The Bertz CT molecular complexity index is 2690. The number of nitrogens with zero attached hydrogens (tertiary/aromatic N) is 2. The third-order valence-corrected chi connectivity index (χ3v) is 17.1. The van der Waals surface area contributed by atoms with E-state index >= 15 is 0 Å². The van der Waals surface area contributed by atoms with E-state index in [-0.39, 0.29) is 64.2 Å². The Balaban J connectivity index is 0.000000216. The highest BCUT2D eigenvalue weighted by atomic mass is 35.5. The van der Waals surface area contributed by atoms with Crippen LogP contribution in [0.15, 0.2) is 84.9 Å². The molecule has 0 aromatic heterocycles. The van der Waals surface area contributed by atoms with Gasteiger partial charge in [0.1, 0.15) is 35.8 Å². The zero-order valence-electron chi connectivity index (χ0n) is 48.7. The summed E-state index contributed by atoms with van der Waals surface area (Å²) >= 11 is 12.2. The number of rotatable bonds is 24. The summed E-state index contributed by atoms with van der Waals surface area (Å²) in [5, 5.41) is 27.6. The summed E-state index contributed by atoms with van der Waals surface area (Å²) in [6.07, 6.45) is 10.4. The monoisotopic (exact) mass is 1150 g/mol. The van der Waals surface area contributed by atoms with E-state index in [0.717, 1.165) is 75.7 Å². The molecule has 0 bridgehead atoms. The van der Waals surface area contributed by atoms with E-state index in [4.69, 9.17) is 82.5 Å². The largest absolute Gasteiger partial charge is 0.489 e. The average molecular weight is 1160 g/mol. The first kappa shape index (κ1) is 65.1. The van der Waals surface area contributed by atoms with E-state index in [1.807, 2.05) is 42.5 Å². The van der Waals surface area contributed by atoms with Gasteiger partial charge in [-0.1, -0.05) is 115 Å². The number of carbonyl (C=O) groups excluding carboxylic acids is 1. The third-order valence-electron chi connectivity index (χ3n) is 16.4. The summed E-state index contributed by atoms with van der Waals surface area (Å²) in [7, 11) is 0. The first-order chi connectivity index (χ1) is 38.6. The highest BCUT2D eigenvalue weighted by Crippen LogP contribution is 2.62. The van der Waals surface area contributed by atoms with E-state index in [1.165, 1.54) is 18.4 Å². The fourth-order valence-corrected chi connectivity index (χ4v) is 12.6. The van der Waals surface area contributed by atoms with Gasteiger partial charge in [0.05, 0.1) is 53.2 Å². The fourth-order valence-electron chi connectivity index (χ4n) is 12.2. The smallest absolute Gasteiger partial charge is 0.335 e. The molecule has 2 aliphatic heterocycles. The molecule has 2 atom stereocenters. The highest BCUT2D eigenvalue weighted by molar-refractivity contribution is 6.32. The van der Waals surface area contributed by atoms with Crippen molar-refractivity contribution in [1.82, 2.24) is 0 Å². The fraction of sp³-hybridized carbons (Fsp3) is 0.569. The van der Waals surface area contributed by atoms with Crippen molar-refractivity contribution in [2.45, 2.75) is 157 Å². The number of carbonyl (C=O) groups is 2. The molecule has 3 N–H and O–H groups in total. The van der Waals surface area contributed by atoms with Crippen molar-refractivity contribution >= 4 is 35.0 Å². The SMILES string of the molecule is CC1(C)C(CC(=O)c2ccc(CCCOCCOC3CCCCO3)cc2)C(C)(C)C1Oc1ccc(C#N)c(Cl)c1.CC1(C)C(N)C(C)(C)C1Oc1ccc(C#N)c(Cl)c1.O=C(O)c1ccc(CCCOCCOC2CCCCO2)cc1. The van der Waals surface area contributed by atoms with Crippen molar-refractivity contribution in [2.24, 2.45) is 33.3 Å². The predicted molar refractivity (Wildman–Crippen MR) is 314 cm³/mol. The molecule has 2 unspecified atom stereocenters. The summed E-state index contributed by atoms with van der Waals surface area (Å²) in [5.41, 5.74) is 9.92. The van der Waals surface area contributed by atoms with Crippen molar-refractivity contribution in [1.29, 1.82) is 10.5 Å². The number of carboxylic acid groups (broad SMARTS) is 1. The van der Waals surface area contributed by atoms with Gasteiger partial charge < -0.3 is 48.7 Å². The third kappa shape index (κ3) is 18.0. The van der Waals surface area contributed by atoms with Gasteiger partial charge in [-0.2, -0.15) is 10.5 Å². The molecule has 0 radical (unpaired) electrons. The number of carboxylic acids is 1. The maximum Gasteiger partial charge on any atom is 0.335 e. The summed E-state index contributed by atoms with van der Waals surface area (Å²) in [5.74, 6) is 0.752. The predicted octanol–water partition coefficient (Wildman–Crippen LogP) is 13.6. The van der Waals surface area contributed by atoms with Crippen LogP contribution >= 0.6 is 23.2 Å². The van der Waals surface area contributed by atoms with E-state index in [2.05, 4.69) is 61.5 Å². The minimum Gasteiger partial charge on any atom is -0.489 e. The second-order valence-corrected chi connectivity index (χ2v) is 24.7. The van der Waals surface area contributed by atoms with Crippen LogP contribution in [0.1, 0.15) is 156 Å². The molecule has 14 nitrogen and oxygen atoms in total. The molecule has 16 heteroatoms. The molecule has 0 spiro atoms. The van der Waals surface area contributed by atoms with E-state index in [1.54, 1.807) is 48.5 Å². The Morgan fingerprint density at radius 2 is 1.01 bits per heavy atom. The van der Waals surface area contributed by atoms with Gasteiger partial charge in [-0.05, 0) is 118 Å². The first-order valence-electron chi connectivity index (χ1n) is 28.6. The van der Waals surface area contributed by atoms with Crippen molar-refractivity contribution < 1.29 is 52.6 Å². The zero-order chi connectivity index (χ0) is 58.8. The van der Waals surface area contributed by atoms with Gasteiger partial charge >= 0.3 is 5.97 Å². The number of Topliss-reactive ketones (excluding diaryl/α,β-unsaturated/α-hetero) is 1. The molecule has 4 aliphatic rings. The van der Waals surface area contributed by atoms with Crippen LogP contribution in [0.3, 0.4) is 0 Å². The Labute approximate surface area is 490 Å². The van der Waals surface area contributed by atoms with Gasteiger partial charge in [0.25, 0.3) is 0 Å². The lowest BCUT2D eigenvalue weighted by molar-refractivity contribution is -0.196. The van der Waals surface area contributed by atoms with Gasteiger partial charge in [0.2, 0.25) is 0 Å². The normalized spacial score (nSPS) is 22.8. The standard InChI is InChI=1S/C33H42ClNO5.C17H24O5.C15H19ClN2O/c1-32(2)29(33(3,4)31(32)40-26-15-14-25(22-35)27(34)20-26)21-28(36)24-12-10-23(11-13-24)8-7-16-37-18-19-39-30-9-5-6-17-38-30;18-17(19)15-8-6-14(7-9-15)4-3-10-20-12-13-22-16-5-1-2-11-21-16;1-14(2)12(18)15(3,4)13(14)19-10-6-5-9(8-17)11(16)7-10/h10-15,20,29-31H,5-9,16-19,21H2,1-4H3;6-9,16H,1-5,10-13H2,(H,18,19);5-7,12-13H,18H2,1-4H3. The van der Waals surface area contributed by atoms with Crippen molar-refractivity contribution in [2.75, 3.05) is 52.9 Å². The van der Waals surface area contributed by atoms with Crippen LogP contribution in [0.2, 0.25) is 10.0 Å². The Morgan fingerprint density at radius 1 is 0.593 bits per heavy atom. The van der Waals surface area contributed by atoms with Crippen LogP contribution in [-0.4, -0.2) is 101 Å². The molecule has 2 saturated carbocycles. The van der Waals surface area contributed by atoms with Gasteiger partial charge in [-0.3, -0.25) is 4.79 Å². The van der Waals surface area contributed by atoms with Crippen molar-refractivity contribution in [3.05, 3.63) is 128 Å². The second kappa shape index (κ2) is 30.5. The van der Waals surface area contributed by atoms with Gasteiger partial charge in [0.15, 0.2) is 18.4 Å². The summed E-state index contributed by atoms with van der Waals surface area (Å²) in [6.45, 7) is 22.3. The summed E-state index contributed by atoms with van der Waals surface area (Å²) < 4.78 is 46.0.